The van der Waals surface area contributed by atoms with Gasteiger partial charge in [0.1, 0.15) is 0 Å². The molecule has 2 aromatic heterocycles. The molecule has 0 saturated heterocycles. The molecule has 0 aliphatic heterocycles. The normalized spacial score (nSPS) is 11.0. The molecule has 0 spiro atoms. The first-order valence-electron chi connectivity index (χ1n) is 10.7. The molecule has 26 heavy (non-hydrogen) atoms. The van der Waals surface area contributed by atoms with Crippen molar-refractivity contribution in [3.05, 3.63) is 48.0 Å². The Bertz CT molecular complexity index is 607. The van der Waals surface area contributed by atoms with Crippen molar-refractivity contribution >= 4 is 0 Å². The SMILES string of the molecule is CCCCCCCc1nccc(-c2ccncc2)c1CCCCCCC. The molecule has 2 nitrogen and oxygen atoms in total. The summed E-state index contributed by atoms with van der Waals surface area (Å²) in [5.41, 5.74) is 5.44. The van der Waals surface area contributed by atoms with Crippen LogP contribution in [0.15, 0.2) is 36.8 Å². The van der Waals surface area contributed by atoms with Crippen LogP contribution in [0.3, 0.4) is 0 Å². The molecule has 2 heteroatoms. The summed E-state index contributed by atoms with van der Waals surface area (Å²) in [6.07, 6.45) is 21.3. The van der Waals surface area contributed by atoms with E-state index < -0.39 is 0 Å². The highest BCUT2D eigenvalue weighted by Gasteiger charge is 2.11. The predicted octanol–water partition coefficient (Wildman–Crippen LogP) is 7.17. The number of aryl methyl sites for hydroxylation is 1. The van der Waals surface area contributed by atoms with Gasteiger partial charge in [-0.05, 0) is 60.6 Å². The van der Waals surface area contributed by atoms with Crippen LogP contribution < -0.4 is 0 Å². The average Bonchev–Trinajstić information content (AvgIpc) is 2.69. The van der Waals surface area contributed by atoms with Crippen LogP contribution in [0, 0.1) is 0 Å². The van der Waals surface area contributed by atoms with Gasteiger partial charge in [-0.25, -0.2) is 0 Å². The Balaban J connectivity index is 2.09. The first kappa shape index (κ1) is 20.6. The summed E-state index contributed by atoms with van der Waals surface area (Å²) in [6, 6.07) is 6.44. The largest absolute Gasteiger partial charge is 0.265 e. The molecule has 0 radical (unpaired) electrons. The summed E-state index contributed by atoms with van der Waals surface area (Å²) in [5, 5.41) is 0. The fraction of sp³-hybridized carbons (Fsp3) is 0.583. The lowest BCUT2D eigenvalue weighted by Gasteiger charge is -2.14. The Labute approximate surface area is 160 Å². The molecule has 0 atom stereocenters. The van der Waals surface area contributed by atoms with Crippen molar-refractivity contribution in [3.63, 3.8) is 0 Å². The molecule has 0 unspecified atom stereocenters. The van der Waals surface area contributed by atoms with Crippen LogP contribution >= 0.6 is 0 Å². The molecular formula is C24H36N2. The van der Waals surface area contributed by atoms with E-state index in [4.69, 9.17) is 4.98 Å². The monoisotopic (exact) mass is 352 g/mol. The van der Waals surface area contributed by atoms with Gasteiger partial charge in [-0.1, -0.05) is 65.2 Å². The van der Waals surface area contributed by atoms with Gasteiger partial charge in [0.2, 0.25) is 0 Å². The lowest BCUT2D eigenvalue weighted by Crippen LogP contribution is -2.02. The lowest BCUT2D eigenvalue weighted by molar-refractivity contribution is 0.616. The Morgan fingerprint density at radius 3 is 1.92 bits per heavy atom. The Morgan fingerprint density at radius 2 is 1.27 bits per heavy atom. The molecule has 0 saturated carbocycles. The third-order valence-corrected chi connectivity index (χ3v) is 5.18. The topological polar surface area (TPSA) is 25.8 Å². The second-order valence-corrected chi connectivity index (χ2v) is 7.35. The minimum Gasteiger partial charge on any atom is -0.265 e. The second kappa shape index (κ2) is 12.6. The molecule has 2 aromatic rings. The highest BCUT2D eigenvalue weighted by Crippen LogP contribution is 2.27. The number of hydrogen-bond donors (Lipinski definition) is 0. The van der Waals surface area contributed by atoms with E-state index >= 15 is 0 Å². The third-order valence-electron chi connectivity index (χ3n) is 5.18. The van der Waals surface area contributed by atoms with Gasteiger partial charge in [0.25, 0.3) is 0 Å². The zero-order chi connectivity index (χ0) is 18.5. The summed E-state index contributed by atoms with van der Waals surface area (Å²) in [7, 11) is 0. The minimum absolute atomic E-state index is 1.12. The van der Waals surface area contributed by atoms with E-state index in [2.05, 4.69) is 37.0 Å². The maximum atomic E-state index is 4.78. The number of aromatic nitrogens is 2. The van der Waals surface area contributed by atoms with E-state index in [1.807, 2.05) is 18.6 Å². The van der Waals surface area contributed by atoms with Crippen molar-refractivity contribution in [2.45, 2.75) is 90.9 Å². The maximum absolute atomic E-state index is 4.78. The number of nitrogens with zero attached hydrogens (tertiary/aromatic N) is 2. The lowest BCUT2D eigenvalue weighted by atomic mass is 9.93. The first-order chi connectivity index (χ1) is 12.9. The van der Waals surface area contributed by atoms with Crippen molar-refractivity contribution in [2.24, 2.45) is 0 Å². The second-order valence-electron chi connectivity index (χ2n) is 7.35. The highest BCUT2D eigenvalue weighted by atomic mass is 14.7. The molecule has 2 rings (SSSR count). The number of rotatable bonds is 13. The maximum Gasteiger partial charge on any atom is 0.0441 e. The van der Waals surface area contributed by atoms with Crippen LogP contribution in [0.25, 0.3) is 11.1 Å². The summed E-state index contributed by atoms with van der Waals surface area (Å²) in [6.45, 7) is 4.55. The molecule has 2 heterocycles. The van der Waals surface area contributed by atoms with Crippen molar-refractivity contribution in [2.75, 3.05) is 0 Å². The van der Waals surface area contributed by atoms with Gasteiger partial charge in [-0.15, -0.1) is 0 Å². The molecule has 0 aromatic carbocycles. The molecule has 142 valence electrons. The third kappa shape index (κ3) is 6.90. The number of pyridine rings is 2. The van der Waals surface area contributed by atoms with Crippen LogP contribution in [-0.2, 0) is 12.8 Å². The summed E-state index contributed by atoms with van der Waals surface area (Å²) >= 11 is 0. The van der Waals surface area contributed by atoms with Crippen LogP contribution in [0.4, 0.5) is 0 Å². The van der Waals surface area contributed by atoms with Crippen LogP contribution in [0.5, 0.6) is 0 Å². The summed E-state index contributed by atoms with van der Waals surface area (Å²) < 4.78 is 0. The van der Waals surface area contributed by atoms with Gasteiger partial charge in [-0.3, -0.25) is 9.97 Å². The fourth-order valence-corrected chi connectivity index (χ4v) is 3.63. The van der Waals surface area contributed by atoms with Crippen LogP contribution in [-0.4, -0.2) is 9.97 Å². The Morgan fingerprint density at radius 1 is 0.654 bits per heavy atom. The average molecular weight is 353 g/mol. The van der Waals surface area contributed by atoms with Gasteiger partial charge in [0.05, 0.1) is 0 Å². The quantitative estimate of drug-likeness (QED) is 0.357. The van der Waals surface area contributed by atoms with E-state index in [1.165, 1.54) is 86.6 Å². The van der Waals surface area contributed by atoms with Crippen LogP contribution in [0.2, 0.25) is 0 Å². The molecule has 0 aliphatic carbocycles. The molecule has 0 bridgehead atoms. The van der Waals surface area contributed by atoms with Crippen molar-refractivity contribution in [1.82, 2.24) is 9.97 Å². The van der Waals surface area contributed by atoms with Crippen molar-refractivity contribution in [1.29, 1.82) is 0 Å². The Hall–Kier alpha value is -1.70. The molecule has 0 aliphatic rings. The molecule has 0 N–H and O–H groups in total. The first-order valence-corrected chi connectivity index (χ1v) is 10.7. The predicted molar refractivity (Wildman–Crippen MR) is 112 cm³/mol. The molecular weight excluding hydrogens is 316 g/mol. The minimum atomic E-state index is 1.12. The van der Waals surface area contributed by atoms with Crippen molar-refractivity contribution < 1.29 is 0 Å². The van der Waals surface area contributed by atoms with Gasteiger partial charge >= 0.3 is 0 Å². The smallest absolute Gasteiger partial charge is 0.0441 e. The van der Waals surface area contributed by atoms with Crippen molar-refractivity contribution in [3.8, 4) is 11.1 Å². The van der Waals surface area contributed by atoms with Gasteiger partial charge in [-0.2, -0.15) is 0 Å². The van der Waals surface area contributed by atoms with Gasteiger partial charge in [0.15, 0.2) is 0 Å². The summed E-state index contributed by atoms with van der Waals surface area (Å²) in [5.74, 6) is 0. The van der Waals surface area contributed by atoms with Gasteiger partial charge < -0.3 is 0 Å². The number of unbranched alkanes of at least 4 members (excludes halogenated alkanes) is 8. The highest BCUT2D eigenvalue weighted by molar-refractivity contribution is 5.67. The standard InChI is InChI=1S/C24H36N2/c1-3-5-7-9-11-13-23-22(21-15-18-25-19-16-21)17-20-26-24(23)14-12-10-8-6-4-2/h15-20H,3-14H2,1-2H3. The van der Waals surface area contributed by atoms with E-state index in [0.717, 1.165) is 12.8 Å². The molecule has 0 amide bonds. The van der Waals surface area contributed by atoms with E-state index in [1.54, 1.807) is 0 Å². The number of hydrogen-bond acceptors (Lipinski definition) is 2. The zero-order valence-corrected chi connectivity index (χ0v) is 16.8. The van der Waals surface area contributed by atoms with E-state index in [0.29, 0.717) is 0 Å². The van der Waals surface area contributed by atoms with Crippen LogP contribution in [0.1, 0.15) is 89.3 Å². The van der Waals surface area contributed by atoms with E-state index in [9.17, 15) is 0 Å². The molecule has 0 fully saturated rings. The summed E-state index contributed by atoms with van der Waals surface area (Å²) in [4.78, 5) is 8.96. The fourth-order valence-electron chi connectivity index (χ4n) is 3.63. The Kier molecular flexibility index (Phi) is 10.0. The van der Waals surface area contributed by atoms with Gasteiger partial charge in [0, 0.05) is 24.3 Å². The zero-order valence-electron chi connectivity index (χ0n) is 16.8. The van der Waals surface area contributed by atoms with E-state index in [-0.39, 0.29) is 0 Å².